The molecule has 0 aliphatic carbocycles. The first-order chi connectivity index (χ1) is 7.10. The zero-order chi connectivity index (χ0) is 11.4. The minimum atomic E-state index is -0.503. The molecule has 82 valence electrons. The summed E-state index contributed by atoms with van der Waals surface area (Å²) in [5, 5.41) is 0.633. The second-order valence-corrected chi connectivity index (χ2v) is 3.50. The van der Waals surface area contributed by atoms with Crippen molar-refractivity contribution >= 4 is 29.2 Å². The van der Waals surface area contributed by atoms with Crippen LogP contribution in [0.4, 0.5) is 0 Å². The van der Waals surface area contributed by atoms with E-state index in [1.807, 2.05) is 6.92 Å². The highest BCUT2D eigenvalue weighted by Crippen LogP contribution is 2.31. The maximum atomic E-state index is 11.4. The normalized spacial score (nSPS) is 9.87. The van der Waals surface area contributed by atoms with E-state index in [0.29, 0.717) is 22.4 Å². The summed E-state index contributed by atoms with van der Waals surface area (Å²) in [6, 6.07) is 2.93. The van der Waals surface area contributed by atoms with Gasteiger partial charge in [-0.2, -0.15) is 0 Å². The number of halogens is 2. The number of carbonyl (C=O) groups is 1. The van der Waals surface area contributed by atoms with E-state index in [-0.39, 0.29) is 5.56 Å². The average molecular weight is 249 g/mol. The fourth-order valence-corrected chi connectivity index (χ4v) is 1.39. The Balaban J connectivity index is 3.21. The molecular weight excluding hydrogens is 239 g/mol. The van der Waals surface area contributed by atoms with Gasteiger partial charge in [0.05, 0.1) is 23.8 Å². The lowest BCUT2D eigenvalue weighted by Crippen LogP contribution is -2.05. The van der Waals surface area contributed by atoms with Crippen LogP contribution in [0.3, 0.4) is 0 Å². The van der Waals surface area contributed by atoms with Crippen LogP contribution in [0.1, 0.15) is 17.3 Å². The van der Waals surface area contributed by atoms with E-state index in [4.69, 9.17) is 27.9 Å². The quantitative estimate of drug-likeness (QED) is 0.771. The number of hydrogen-bond donors (Lipinski definition) is 0. The van der Waals surface area contributed by atoms with Gasteiger partial charge < -0.3 is 9.47 Å². The van der Waals surface area contributed by atoms with Gasteiger partial charge in [-0.1, -0.05) is 23.2 Å². The summed E-state index contributed by atoms with van der Waals surface area (Å²) >= 11 is 11.6. The van der Waals surface area contributed by atoms with Crippen molar-refractivity contribution in [3.8, 4) is 5.75 Å². The molecule has 0 atom stereocenters. The molecule has 0 saturated heterocycles. The van der Waals surface area contributed by atoms with Crippen LogP contribution in [-0.2, 0) is 4.74 Å². The summed E-state index contributed by atoms with van der Waals surface area (Å²) in [5.41, 5.74) is 0.272. The van der Waals surface area contributed by atoms with E-state index < -0.39 is 5.97 Å². The smallest absolute Gasteiger partial charge is 0.341 e. The predicted octanol–water partition coefficient (Wildman–Crippen LogP) is 3.18. The number of ether oxygens (including phenoxy) is 2. The lowest BCUT2D eigenvalue weighted by molar-refractivity contribution is 0.0596. The van der Waals surface area contributed by atoms with Gasteiger partial charge in [0.1, 0.15) is 11.3 Å². The average Bonchev–Trinajstić information content (AvgIpc) is 2.22. The van der Waals surface area contributed by atoms with Gasteiger partial charge in [0, 0.05) is 6.07 Å². The molecule has 0 bridgehead atoms. The highest BCUT2D eigenvalue weighted by atomic mass is 35.5. The Kier molecular flexibility index (Phi) is 4.24. The van der Waals surface area contributed by atoms with E-state index in [0.717, 1.165) is 0 Å². The molecule has 5 heteroatoms. The van der Waals surface area contributed by atoms with Gasteiger partial charge in [-0.3, -0.25) is 0 Å². The molecule has 0 unspecified atom stereocenters. The van der Waals surface area contributed by atoms with Crippen molar-refractivity contribution in [3.63, 3.8) is 0 Å². The number of esters is 1. The molecule has 3 nitrogen and oxygen atoms in total. The van der Waals surface area contributed by atoms with Crippen LogP contribution >= 0.6 is 23.2 Å². The molecule has 15 heavy (non-hydrogen) atoms. The maximum absolute atomic E-state index is 11.4. The van der Waals surface area contributed by atoms with Crippen molar-refractivity contribution in [2.45, 2.75) is 6.92 Å². The molecular formula is C10H10Cl2O3. The molecule has 0 aliphatic heterocycles. The SMILES string of the molecule is CCOc1cc(Cl)c(Cl)cc1C(=O)OC. The van der Waals surface area contributed by atoms with E-state index in [2.05, 4.69) is 4.74 Å². The lowest BCUT2D eigenvalue weighted by atomic mass is 10.2. The summed E-state index contributed by atoms with van der Waals surface area (Å²) in [5.74, 6) is -0.129. The van der Waals surface area contributed by atoms with Crippen molar-refractivity contribution < 1.29 is 14.3 Å². The predicted molar refractivity (Wildman–Crippen MR) is 59.0 cm³/mol. The van der Waals surface area contributed by atoms with E-state index in [1.54, 1.807) is 0 Å². The van der Waals surface area contributed by atoms with Crippen molar-refractivity contribution in [3.05, 3.63) is 27.7 Å². The fraction of sp³-hybridized carbons (Fsp3) is 0.300. The van der Waals surface area contributed by atoms with Crippen LogP contribution in [0.15, 0.2) is 12.1 Å². The number of benzene rings is 1. The Labute approximate surface area is 97.9 Å². The second kappa shape index (κ2) is 5.24. The third-order valence-electron chi connectivity index (χ3n) is 1.73. The largest absolute Gasteiger partial charge is 0.493 e. The van der Waals surface area contributed by atoms with Crippen molar-refractivity contribution in [2.75, 3.05) is 13.7 Å². The fourth-order valence-electron chi connectivity index (χ4n) is 1.07. The van der Waals surface area contributed by atoms with E-state index in [1.165, 1.54) is 19.2 Å². The third kappa shape index (κ3) is 2.76. The van der Waals surface area contributed by atoms with Crippen molar-refractivity contribution in [1.82, 2.24) is 0 Å². The first kappa shape index (κ1) is 12.1. The molecule has 0 N–H and O–H groups in total. The molecule has 0 aromatic heterocycles. The van der Waals surface area contributed by atoms with E-state index in [9.17, 15) is 4.79 Å². The standard InChI is InChI=1S/C10H10Cl2O3/c1-3-15-9-5-8(12)7(11)4-6(9)10(13)14-2/h4-5H,3H2,1-2H3. The van der Waals surface area contributed by atoms with Gasteiger partial charge in [-0.25, -0.2) is 4.79 Å². The molecule has 0 aliphatic rings. The minimum absolute atomic E-state index is 0.272. The van der Waals surface area contributed by atoms with Crippen LogP contribution < -0.4 is 4.74 Å². The Morgan fingerprint density at radius 1 is 1.33 bits per heavy atom. The second-order valence-electron chi connectivity index (χ2n) is 2.69. The number of rotatable bonds is 3. The minimum Gasteiger partial charge on any atom is -0.493 e. The molecule has 0 amide bonds. The highest BCUT2D eigenvalue weighted by molar-refractivity contribution is 6.42. The molecule has 0 spiro atoms. The number of hydrogen-bond acceptors (Lipinski definition) is 3. The maximum Gasteiger partial charge on any atom is 0.341 e. The summed E-state index contributed by atoms with van der Waals surface area (Å²) in [4.78, 5) is 11.4. The molecule has 0 fully saturated rings. The lowest BCUT2D eigenvalue weighted by Gasteiger charge is -2.09. The summed E-state index contributed by atoms with van der Waals surface area (Å²) in [6.45, 7) is 2.24. The molecule has 1 aromatic rings. The van der Waals surface area contributed by atoms with Gasteiger partial charge in [0.25, 0.3) is 0 Å². The van der Waals surface area contributed by atoms with Crippen molar-refractivity contribution in [2.24, 2.45) is 0 Å². The van der Waals surface area contributed by atoms with E-state index >= 15 is 0 Å². The Bertz CT molecular complexity index is 377. The summed E-state index contributed by atoms with van der Waals surface area (Å²) in [7, 11) is 1.29. The number of carbonyl (C=O) groups excluding carboxylic acids is 1. The molecule has 1 rings (SSSR count). The zero-order valence-corrected chi connectivity index (χ0v) is 9.85. The van der Waals surface area contributed by atoms with Crippen LogP contribution in [0.25, 0.3) is 0 Å². The van der Waals surface area contributed by atoms with Gasteiger partial charge in [0.2, 0.25) is 0 Å². The Hall–Kier alpha value is -0.930. The van der Waals surface area contributed by atoms with Crippen LogP contribution in [0, 0.1) is 0 Å². The van der Waals surface area contributed by atoms with Crippen molar-refractivity contribution in [1.29, 1.82) is 0 Å². The van der Waals surface area contributed by atoms with Gasteiger partial charge >= 0.3 is 5.97 Å². The number of methoxy groups -OCH3 is 1. The van der Waals surface area contributed by atoms with Gasteiger partial charge in [-0.05, 0) is 13.0 Å². The first-order valence-corrected chi connectivity index (χ1v) is 5.05. The third-order valence-corrected chi connectivity index (χ3v) is 2.45. The highest BCUT2D eigenvalue weighted by Gasteiger charge is 2.15. The van der Waals surface area contributed by atoms with Crippen LogP contribution in [-0.4, -0.2) is 19.7 Å². The van der Waals surface area contributed by atoms with Gasteiger partial charge in [-0.15, -0.1) is 0 Å². The molecule has 0 heterocycles. The topological polar surface area (TPSA) is 35.5 Å². The molecule has 1 aromatic carbocycles. The monoisotopic (exact) mass is 248 g/mol. The summed E-state index contributed by atoms with van der Waals surface area (Å²) in [6.07, 6.45) is 0. The van der Waals surface area contributed by atoms with Crippen LogP contribution in [0.5, 0.6) is 5.75 Å². The summed E-state index contributed by atoms with van der Waals surface area (Å²) < 4.78 is 9.85. The Morgan fingerprint density at radius 3 is 2.47 bits per heavy atom. The zero-order valence-electron chi connectivity index (χ0n) is 8.34. The molecule has 0 saturated carbocycles. The Morgan fingerprint density at radius 2 is 1.93 bits per heavy atom. The molecule has 0 radical (unpaired) electrons. The first-order valence-electron chi connectivity index (χ1n) is 4.30. The van der Waals surface area contributed by atoms with Crippen LogP contribution in [0.2, 0.25) is 10.0 Å². The van der Waals surface area contributed by atoms with Gasteiger partial charge in [0.15, 0.2) is 0 Å².